The lowest BCUT2D eigenvalue weighted by Crippen LogP contribution is -2.31. The fourth-order valence-electron chi connectivity index (χ4n) is 1.83. The zero-order valence-corrected chi connectivity index (χ0v) is 13.5. The van der Waals surface area contributed by atoms with E-state index in [2.05, 4.69) is 20.6 Å². The fraction of sp³-hybridized carbons (Fsp3) is 0.267. The summed E-state index contributed by atoms with van der Waals surface area (Å²) in [6.45, 7) is 2.02. The number of hydrogen-bond donors (Lipinski definition) is 2. The summed E-state index contributed by atoms with van der Waals surface area (Å²) in [7, 11) is 3.05. The van der Waals surface area contributed by atoms with Crippen molar-refractivity contribution in [3.8, 4) is 11.8 Å². The Morgan fingerprint density at radius 1 is 1.09 bits per heavy atom. The zero-order valence-electron chi connectivity index (χ0n) is 12.7. The average molecular weight is 318 g/mol. The summed E-state index contributed by atoms with van der Waals surface area (Å²) in [5.74, 6) is 1.11. The predicted molar refractivity (Wildman–Crippen MR) is 89.3 cm³/mol. The number of aromatic nitrogens is 2. The van der Waals surface area contributed by atoms with Crippen LogP contribution in [0, 0.1) is 0 Å². The molecule has 0 aliphatic heterocycles. The van der Waals surface area contributed by atoms with Crippen molar-refractivity contribution in [3.63, 3.8) is 0 Å². The molecule has 0 aliphatic rings. The van der Waals surface area contributed by atoms with Gasteiger partial charge in [0, 0.05) is 0 Å². The lowest BCUT2D eigenvalue weighted by atomic mass is 10.1. The number of nitrogens with one attached hydrogen (secondary N) is 2. The average Bonchev–Trinajstić information content (AvgIpc) is 2.55. The van der Waals surface area contributed by atoms with Crippen molar-refractivity contribution in [1.82, 2.24) is 15.3 Å². The Balaban J connectivity index is 2.03. The van der Waals surface area contributed by atoms with Crippen LogP contribution in [0.5, 0.6) is 11.8 Å². The van der Waals surface area contributed by atoms with Gasteiger partial charge in [-0.25, -0.2) is 0 Å². The van der Waals surface area contributed by atoms with Gasteiger partial charge in [0.15, 0.2) is 5.11 Å². The molecule has 2 aromatic rings. The Hall–Kier alpha value is -2.41. The van der Waals surface area contributed by atoms with Crippen LogP contribution in [-0.4, -0.2) is 29.3 Å². The molecule has 7 heteroatoms. The maximum atomic E-state index is 5.29. The summed E-state index contributed by atoms with van der Waals surface area (Å²) in [6, 6.07) is 11.7. The van der Waals surface area contributed by atoms with Crippen molar-refractivity contribution in [2.75, 3.05) is 19.5 Å². The molecule has 1 atom stereocenters. The molecule has 0 saturated carbocycles. The van der Waals surface area contributed by atoms with Crippen molar-refractivity contribution >= 4 is 23.3 Å². The van der Waals surface area contributed by atoms with Gasteiger partial charge < -0.3 is 20.1 Å². The van der Waals surface area contributed by atoms with Crippen LogP contribution in [0.4, 0.5) is 5.95 Å². The second kappa shape index (κ2) is 7.56. The minimum Gasteiger partial charge on any atom is -0.481 e. The number of anilines is 1. The third kappa shape index (κ3) is 4.29. The van der Waals surface area contributed by atoms with Gasteiger partial charge in [0.05, 0.1) is 26.3 Å². The molecule has 0 bridgehead atoms. The highest BCUT2D eigenvalue weighted by Crippen LogP contribution is 2.17. The molecule has 0 aliphatic carbocycles. The van der Waals surface area contributed by atoms with Gasteiger partial charge in [-0.2, -0.15) is 9.97 Å². The van der Waals surface area contributed by atoms with Crippen LogP contribution >= 0.6 is 12.2 Å². The van der Waals surface area contributed by atoms with E-state index in [-0.39, 0.29) is 6.04 Å². The molecule has 6 nitrogen and oxygen atoms in total. The van der Waals surface area contributed by atoms with E-state index in [0.29, 0.717) is 22.8 Å². The molecule has 2 rings (SSSR count). The van der Waals surface area contributed by atoms with Crippen molar-refractivity contribution < 1.29 is 9.47 Å². The van der Waals surface area contributed by atoms with Gasteiger partial charge in [0.2, 0.25) is 17.7 Å². The second-order valence-electron chi connectivity index (χ2n) is 4.51. The molecule has 0 fully saturated rings. The summed E-state index contributed by atoms with van der Waals surface area (Å²) < 4.78 is 10.2. The smallest absolute Gasteiger partial charge is 0.235 e. The lowest BCUT2D eigenvalue weighted by Gasteiger charge is -2.17. The van der Waals surface area contributed by atoms with E-state index in [1.807, 2.05) is 37.3 Å². The van der Waals surface area contributed by atoms with Crippen LogP contribution in [0.15, 0.2) is 36.4 Å². The highest BCUT2D eigenvalue weighted by molar-refractivity contribution is 7.80. The number of rotatable bonds is 5. The molecule has 0 saturated heterocycles. The first-order valence-electron chi connectivity index (χ1n) is 6.72. The standard InChI is InChI=1S/C15H18N4O2S/c1-10(11-7-5-4-6-8-11)16-15(22)19-14-17-12(20-2)9-13(18-14)21-3/h4-10H,1-3H3,(H2,16,17,18,19,22)/t10-/m0/s1. The summed E-state index contributed by atoms with van der Waals surface area (Å²) in [6.07, 6.45) is 0. The Kier molecular flexibility index (Phi) is 5.48. The van der Waals surface area contributed by atoms with E-state index in [9.17, 15) is 0 Å². The Morgan fingerprint density at radius 2 is 1.68 bits per heavy atom. The van der Waals surface area contributed by atoms with Crippen LogP contribution in [0.2, 0.25) is 0 Å². The molecular formula is C15H18N4O2S. The van der Waals surface area contributed by atoms with Gasteiger partial charge in [-0.05, 0) is 24.7 Å². The third-order valence-electron chi connectivity index (χ3n) is 2.97. The van der Waals surface area contributed by atoms with Crippen LogP contribution in [0.1, 0.15) is 18.5 Å². The lowest BCUT2D eigenvalue weighted by molar-refractivity contribution is 0.373. The maximum absolute atomic E-state index is 5.29. The van der Waals surface area contributed by atoms with E-state index in [4.69, 9.17) is 21.7 Å². The van der Waals surface area contributed by atoms with Crippen LogP contribution < -0.4 is 20.1 Å². The van der Waals surface area contributed by atoms with Crippen LogP contribution in [0.25, 0.3) is 0 Å². The van der Waals surface area contributed by atoms with Gasteiger partial charge >= 0.3 is 0 Å². The minimum atomic E-state index is 0.0636. The monoisotopic (exact) mass is 318 g/mol. The van der Waals surface area contributed by atoms with Crippen molar-refractivity contribution in [3.05, 3.63) is 42.0 Å². The number of ether oxygens (including phenoxy) is 2. The van der Waals surface area contributed by atoms with E-state index in [1.165, 1.54) is 14.2 Å². The van der Waals surface area contributed by atoms with E-state index >= 15 is 0 Å². The van der Waals surface area contributed by atoms with Gasteiger partial charge in [0.1, 0.15) is 0 Å². The normalized spacial score (nSPS) is 11.4. The fourth-order valence-corrected chi connectivity index (χ4v) is 2.10. The molecule has 1 heterocycles. The third-order valence-corrected chi connectivity index (χ3v) is 3.19. The summed E-state index contributed by atoms with van der Waals surface area (Å²) in [5.41, 5.74) is 1.13. The molecule has 0 unspecified atom stereocenters. The van der Waals surface area contributed by atoms with Gasteiger partial charge in [-0.15, -0.1) is 0 Å². The molecule has 116 valence electrons. The van der Waals surface area contributed by atoms with Crippen molar-refractivity contribution in [1.29, 1.82) is 0 Å². The molecule has 22 heavy (non-hydrogen) atoms. The number of methoxy groups -OCH3 is 2. The highest BCUT2D eigenvalue weighted by Gasteiger charge is 2.10. The van der Waals surface area contributed by atoms with Crippen molar-refractivity contribution in [2.45, 2.75) is 13.0 Å². The largest absolute Gasteiger partial charge is 0.481 e. The van der Waals surface area contributed by atoms with Crippen LogP contribution in [0.3, 0.4) is 0 Å². The maximum Gasteiger partial charge on any atom is 0.235 e. The van der Waals surface area contributed by atoms with E-state index in [0.717, 1.165) is 5.56 Å². The van der Waals surface area contributed by atoms with E-state index < -0.39 is 0 Å². The number of benzene rings is 1. The molecule has 0 spiro atoms. The van der Waals surface area contributed by atoms with Gasteiger partial charge in [0.25, 0.3) is 0 Å². The quantitative estimate of drug-likeness (QED) is 0.821. The highest BCUT2D eigenvalue weighted by atomic mass is 32.1. The topological polar surface area (TPSA) is 68.3 Å². The number of hydrogen-bond acceptors (Lipinski definition) is 5. The summed E-state index contributed by atoms with van der Waals surface area (Å²) in [5, 5.41) is 6.53. The molecule has 1 aromatic heterocycles. The summed E-state index contributed by atoms with van der Waals surface area (Å²) in [4.78, 5) is 8.34. The Morgan fingerprint density at radius 3 is 2.23 bits per heavy atom. The molecule has 1 aromatic carbocycles. The second-order valence-corrected chi connectivity index (χ2v) is 4.92. The van der Waals surface area contributed by atoms with Crippen molar-refractivity contribution in [2.24, 2.45) is 0 Å². The summed E-state index contributed by atoms with van der Waals surface area (Å²) >= 11 is 5.29. The van der Waals surface area contributed by atoms with E-state index in [1.54, 1.807) is 6.07 Å². The van der Waals surface area contributed by atoms with Crippen LogP contribution in [-0.2, 0) is 0 Å². The Bertz CT molecular complexity index is 614. The number of nitrogens with zero attached hydrogens (tertiary/aromatic N) is 2. The zero-order chi connectivity index (χ0) is 15.9. The molecule has 0 amide bonds. The first-order chi connectivity index (χ1) is 10.6. The SMILES string of the molecule is COc1cc(OC)nc(NC(=S)N[C@@H](C)c2ccccc2)n1. The van der Waals surface area contributed by atoms with Gasteiger partial charge in [-0.1, -0.05) is 30.3 Å². The minimum absolute atomic E-state index is 0.0636. The van der Waals surface area contributed by atoms with Gasteiger partial charge in [-0.3, -0.25) is 0 Å². The molecule has 0 radical (unpaired) electrons. The molecular weight excluding hydrogens is 300 g/mol. The number of thiocarbonyl (C=S) groups is 1. The Labute approximate surface area is 134 Å². The first-order valence-corrected chi connectivity index (χ1v) is 7.12. The molecule has 2 N–H and O–H groups in total. The first kappa shape index (κ1) is 16.0. The predicted octanol–water partition coefficient (Wildman–Crippen LogP) is 2.54.